The van der Waals surface area contributed by atoms with Crippen LogP contribution >= 0.6 is 0 Å². The minimum atomic E-state index is -0.286. The first-order valence-electron chi connectivity index (χ1n) is 4.80. The lowest BCUT2D eigenvalue weighted by molar-refractivity contribution is -0.141. The lowest BCUT2D eigenvalue weighted by Gasteiger charge is -1.95. The largest absolute Gasteiger partial charge is 0.465 e. The summed E-state index contributed by atoms with van der Waals surface area (Å²) in [5, 5.41) is 0. The van der Waals surface area contributed by atoms with Crippen molar-refractivity contribution in [2.24, 2.45) is 0 Å². The van der Waals surface area contributed by atoms with Gasteiger partial charge in [-0.25, -0.2) is 0 Å². The second-order valence-corrected chi connectivity index (χ2v) is 2.92. The fourth-order valence-corrected chi connectivity index (χ4v) is 1.04. The highest BCUT2D eigenvalue weighted by Crippen LogP contribution is 2.00. The average Bonchev–Trinajstić information content (AvgIpc) is 2.21. The van der Waals surface area contributed by atoms with Crippen LogP contribution in [0.2, 0.25) is 0 Å². The Morgan fingerprint density at radius 1 is 1.60 bits per heavy atom. The summed E-state index contributed by atoms with van der Waals surface area (Å²) in [5.74, 6) is 5.37. The van der Waals surface area contributed by atoms with E-state index in [-0.39, 0.29) is 12.4 Å². The van der Waals surface area contributed by atoms with Crippen molar-refractivity contribution in [3.63, 3.8) is 0 Å². The van der Waals surface area contributed by atoms with Gasteiger partial charge in [0, 0.05) is 11.8 Å². The fraction of sp³-hybridized carbons (Fsp3) is 0.333. The Morgan fingerprint density at radius 2 is 2.40 bits per heavy atom. The van der Waals surface area contributed by atoms with E-state index in [1.54, 1.807) is 13.1 Å². The predicted octanol–water partition coefficient (Wildman–Crippen LogP) is 1.69. The molecule has 1 rings (SSSR count). The van der Waals surface area contributed by atoms with Crippen LogP contribution in [0.3, 0.4) is 0 Å². The van der Waals surface area contributed by atoms with Crippen molar-refractivity contribution in [3.05, 3.63) is 29.6 Å². The van der Waals surface area contributed by atoms with Gasteiger partial charge < -0.3 is 4.74 Å². The molecule has 3 heteroatoms. The maximum atomic E-state index is 11.0. The predicted molar refractivity (Wildman–Crippen MR) is 57.1 cm³/mol. The van der Waals surface area contributed by atoms with E-state index in [0.29, 0.717) is 6.61 Å². The van der Waals surface area contributed by atoms with E-state index in [1.807, 2.05) is 19.1 Å². The third-order valence-corrected chi connectivity index (χ3v) is 1.77. The number of aryl methyl sites for hydroxylation is 1. The van der Waals surface area contributed by atoms with Crippen LogP contribution in [0.5, 0.6) is 0 Å². The Labute approximate surface area is 89.5 Å². The first-order chi connectivity index (χ1) is 7.24. The summed E-state index contributed by atoms with van der Waals surface area (Å²) in [4.78, 5) is 15.1. The molecule has 1 aromatic heterocycles. The average molecular weight is 203 g/mol. The molecule has 15 heavy (non-hydrogen) atoms. The zero-order chi connectivity index (χ0) is 11.1. The molecule has 0 aliphatic rings. The van der Waals surface area contributed by atoms with E-state index in [2.05, 4.69) is 16.8 Å². The molecule has 0 unspecified atom stereocenters. The Bertz CT molecular complexity index is 402. The minimum Gasteiger partial charge on any atom is -0.465 e. The van der Waals surface area contributed by atoms with E-state index < -0.39 is 0 Å². The molecular formula is C12H13NO2. The molecule has 0 aliphatic carbocycles. The Kier molecular flexibility index (Phi) is 4.36. The number of hydrogen-bond donors (Lipinski definition) is 0. The van der Waals surface area contributed by atoms with Crippen LogP contribution in [0.25, 0.3) is 0 Å². The van der Waals surface area contributed by atoms with Crippen LogP contribution in [-0.4, -0.2) is 17.6 Å². The smallest absolute Gasteiger partial charge is 0.317 e. The number of rotatable bonds is 2. The van der Waals surface area contributed by atoms with Crippen LogP contribution in [0.15, 0.2) is 18.3 Å². The number of carbonyl (C=O) groups excluding carboxylic acids is 1. The molecule has 0 amide bonds. The molecule has 0 bridgehead atoms. The third kappa shape index (κ3) is 3.82. The van der Waals surface area contributed by atoms with Gasteiger partial charge in [0.15, 0.2) is 0 Å². The van der Waals surface area contributed by atoms with Crippen LogP contribution < -0.4 is 0 Å². The first-order valence-corrected chi connectivity index (χ1v) is 4.80. The number of pyridine rings is 1. The maximum absolute atomic E-state index is 11.0. The molecule has 0 N–H and O–H groups in total. The van der Waals surface area contributed by atoms with Crippen LogP contribution in [0.4, 0.5) is 0 Å². The highest BCUT2D eigenvalue weighted by atomic mass is 16.5. The van der Waals surface area contributed by atoms with E-state index in [1.165, 1.54) is 0 Å². The van der Waals surface area contributed by atoms with Crippen molar-refractivity contribution in [3.8, 4) is 11.8 Å². The van der Waals surface area contributed by atoms with Crippen LogP contribution in [0.1, 0.15) is 24.6 Å². The SMILES string of the molecule is CCOC(=O)CC#Cc1cccnc1C. The summed E-state index contributed by atoms with van der Waals surface area (Å²) in [6, 6.07) is 3.70. The second-order valence-electron chi connectivity index (χ2n) is 2.92. The molecule has 0 saturated heterocycles. The first kappa shape index (κ1) is 11.3. The molecule has 0 spiro atoms. The lowest BCUT2D eigenvalue weighted by Crippen LogP contribution is -2.01. The topological polar surface area (TPSA) is 39.2 Å². The molecule has 1 aromatic rings. The third-order valence-electron chi connectivity index (χ3n) is 1.77. The maximum Gasteiger partial charge on any atom is 0.317 e. The molecule has 0 atom stereocenters. The molecule has 0 aromatic carbocycles. The second kappa shape index (κ2) is 5.82. The van der Waals surface area contributed by atoms with Gasteiger partial charge in [-0.15, -0.1) is 0 Å². The van der Waals surface area contributed by atoms with Gasteiger partial charge in [0.2, 0.25) is 0 Å². The van der Waals surface area contributed by atoms with Crippen molar-refractivity contribution >= 4 is 5.97 Å². The minimum absolute atomic E-state index is 0.127. The van der Waals surface area contributed by atoms with Crippen molar-refractivity contribution in [1.82, 2.24) is 4.98 Å². The van der Waals surface area contributed by atoms with E-state index in [9.17, 15) is 4.79 Å². The molecule has 0 radical (unpaired) electrons. The number of aromatic nitrogens is 1. The van der Waals surface area contributed by atoms with Crippen molar-refractivity contribution in [2.45, 2.75) is 20.3 Å². The van der Waals surface area contributed by atoms with E-state index >= 15 is 0 Å². The van der Waals surface area contributed by atoms with Gasteiger partial charge in [-0.2, -0.15) is 0 Å². The zero-order valence-electron chi connectivity index (χ0n) is 8.91. The molecule has 1 heterocycles. The van der Waals surface area contributed by atoms with Crippen molar-refractivity contribution < 1.29 is 9.53 Å². The summed E-state index contributed by atoms with van der Waals surface area (Å²) in [6.45, 7) is 4.05. The standard InChI is InChI=1S/C12H13NO2/c1-3-15-12(14)8-4-6-11-7-5-9-13-10(11)2/h5,7,9H,3,8H2,1-2H3. The number of esters is 1. The normalized spacial score (nSPS) is 8.93. The zero-order valence-corrected chi connectivity index (χ0v) is 8.91. The molecule has 0 fully saturated rings. The van der Waals surface area contributed by atoms with Gasteiger partial charge in [0.1, 0.15) is 6.42 Å². The summed E-state index contributed by atoms with van der Waals surface area (Å²) in [5.41, 5.74) is 1.72. The monoisotopic (exact) mass is 203 g/mol. The summed E-state index contributed by atoms with van der Waals surface area (Å²) >= 11 is 0. The molecule has 0 aliphatic heterocycles. The lowest BCUT2D eigenvalue weighted by atomic mass is 10.2. The van der Waals surface area contributed by atoms with E-state index in [0.717, 1.165) is 11.3 Å². The molecule has 3 nitrogen and oxygen atoms in total. The van der Waals surface area contributed by atoms with Crippen molar-refractivity contribution in [2.75, 3.05) is 6.61 Å². The fourth-order valence-electron chi connectivity index (χ4n) is 1.04. The molecule has 0 saturated carbocycles. The number of carbonyl (C=O) groups is 1. The summed E-state index contributed by atoms with van der Waals surface area (Å²) in [6.07, 6.45) is 1.84. The van der Waals surface area contributed by atoms with E-state index in [4.69, 9.17) is 4.74 Å². The van der Waals surface area contributed by atoms with Crippen LogP contribution in [-0.2, 0) is 9.53 Å². The van der Waals surface area contributed by atoms with Gasteiger partial charge in [0.25, 0.3) is 0 Å². The van der Waals surface area contributed by atoms with Gasteiger partial charge in [0.05, 0.1) is 12.3 Å². The highest BCUT2D eigenvalue weighted by molar-refractivity contribution is 5.72. The molecule has 78 valence electrons. The summed E-state index contributed by atoms with van der Waals surface area (Å²) < 4.78 is 4.75. The van der Waals surface area contributed by atoms with Crippen molar-refractivity contribution in [1.29, 1.82) is 0 Å². The van der Waals surface area contributed by atoms with Gasteiger partial charge in [-0.3, -0.25) is 9.78 Å². The Hall–Kier alpha value is -1.82. The summed E-state index contributed by atoms with van der Waals surface area (Å²) in [7, 11) is 0. The Morgan fingerprint density at radius 3 is 3.07 bits per heavy atom. The van der Waals surface area contributed by atoms with Gasteiger partial charge >= 0.3 is 5.97 Å². The number of hydrogen-bond acceptors (Lipinski definition) is 3. The van der Waals surface area contributed by atoms with Gasteiger partial charge in [-0.05, 0) is 26.0 Å². The number of ether oxygens (including phenoxy) is 1. The van der Waals surface area contributed by atoms with Crippen LogP contribution in [0, 0.1) is 18.8 Å². The Balaban J connectivity index is 2.59. The highest BCUT2D eigenvalue weighted by Gasteiger charge is 1.97. The quantitative estimate of drug-likeness (QED) is 0.542. The molecular weight excluding hydrogens is 190 g/mol. The number of nitrogens with zero attached hydrogens (tertiary/aromatic N) is 1. The van der Waals surface area contributed by atoms with Gasteiger partial charge in [-0.1, -0.05) is 11.8 Å².